The van der Waals surface area contributed by atoms with Crippen LogP contribution in [0.1, 0.15) is 19.4 Å². The van der Waals surface area contributed by atoms with Gasteiger partial charge >= 0.3 is 0 Å². The zero-order chi connectivity index (χ0) is 25.4. The van der Waals surface area contributed by atoms with Crippen molar-refractivity contribution in [1.82, 2.24) is 24.4 Å². The zero-order valence-electron chi connectivity index (χ0n) is 20.2. The highest BCUT2D eigenvalue weighted by molar-refractivity contribution is 7.15. The van der Waals surface area contributed by atoms with Gasteiger partial charge in [0.15, 0.2) is 5.82 Å². The molecule has 184 valence electrons. The van der Waals surface area contributed by atoms with E-state index in [-0.39, 0.29) is 5.56 Å². The smallest absolute Gasteiger partial charge is 0.291 e. The van der Waals surface area contributed by atoms with E-state index < -0.39 is 0 Å². The number of fused-ring (bicyclic) bond motifs is 1. The van der Waals surface area contributed by atoms with Crippen LogP contribution in [0.5, 0.6) is 5.75 Å². The van der Waals surface area contributed by atoms with Crippen molar-refractivity contribution < 1.29 is 4.74 Å². The fourth-order valence-corrected chi connectivity index (χ4v) is 5.44. The summed E-state index contributed by atoms with van der Waals surface area (Å²) in [4.78, 5) is 19.3. The lowest BCUT2D eigenvalue weighted by molar-refractivity contribution is 0.271. The molecule has 4 aromatic heterocycles. The van der Waals surface area contributed by atoms with Crippen LogP contribution in [0.15, 0.2) is 83.1 Å². The van der Waals surface area contributed by atoms with E-state index in [2.05, 4.69) is 23.9 Å². The Labute approximate surface area is 220 Å². The molecule has 0 radical (unpaired) electrons. The molecule has 0 saturated heterocycles. The number of ether oxygens (including phenoxy) is 1. The molecule has 9 heteroatoms. The van der Waals surface area contributed by atoms with Gasteiger partial charge in [-0.2, -0.15) is 14.6 Å². The van der Waals surface area contributed by atoms with Crippen LogP contribution >= 0.6 is 22.7 Å². The maximum Gasteiger partial charge on any atom is 0.291 e. The predicted octanol–water partition coefficient (Wildman–Crippen LogP) is 5.31. The van der Waals surface area contributed by atoms with Crippen LogP contribution in [0, 0.1) is 5.92 Å². The Morgan fingerprint density at radius 2 is 1.81 bits per heavy atom. The zero-order valence-corrected chi connectivity index (χ0v) is 21.9. The summed E-state index contributed by atoms with van der Waals surface area (Å²) in [5, 5.41) is 11.3. The standard InChI is InChI=1S/C28H23N5O2S2/c1-18(2)17-35-22-12-10-19(11-13-22)25-20(16-32(30-25)21-7-4-3-5-8-21)15-24-27(34)33-28(37-24)29-26(31-33)23-9-6-14-36-23/h3-16,18H,17H2,1-2H3/b24-15-. The van der Waals surface area contributed by atoms with E-state index in [1.54, 1.807) is 11.3 Å². The number of hydrogen-bond donors (Lipinski definition) is 0. The van der Waals surface area contributed by atoms with Gasteiger partial charge in [-0.1, -0.05) is 49.4 Å². The van der Waals surface area contributed by atoms with E-state index in [1.807, 2.05) is 89.1 Å². The number of thiazole rings is 1. The number of aromatic nitrogens is 5. The van der Waals surface area contributed by atoms with Gasteiger partial charge in [-0.15, -0.1) is 16.4 Å². The lowest BCUT2D eigenvalue weighted by atomic mass is 10.1. The van der Waals surface area contributed by atoms with Crippen LogP contribution in [-0.2, 0) is 0 Å². The molecule has 0 unspecified atom stereocenters. The molecule has 0 aliphatic rings. The van der Waals surface area contributed by atoms with Crippen LogP contribution in [0.25, 0.3) is 38.7 Å². The first kappa shape index (κ1) is 23.3. The van der Waals surface area contributed by atoms with E-state index in [9.17, 15) is 4.79 Å². The van der Waals surface area contributed by atoms with Gasteiger partial charge in [0.05, 0.1) is 21.7 Å². The summed E-state index contributed by atoms with van der Waals surface area (Å²) in [6, 6.07) is 21.7. The van der Waals surface area contributed by atoms with E-state index in [1.165, 1.54) is 15.9 Å². The molecule has 0 spiro atoms. The molecule has 2 aromatic carbocycles. The molecular formula is C28H23N5O2S2. The average molecular weight is 526 g/mol. The van der Waals surface area contributed by atoms with Crippen molar-refractivity contribution in [2.45, 2.75) is 13.8 Å². The van der Waals surface area contributed by atoms with E-state index in [0.29, 0.717) is 27.8 Å². The molecule has 0 N–H and O–H groups in total. The SMILES string of the molecule is CC(C)COc1ccc(-c2nn(-c3ccccc3)cc2/C=c2\sc3nc(-c4cccs4)nn3c2=O)cc1. The topological polar surface area (TPSA) is 74.3 Å². The van der Waals surface area contributed by atoms with Crippen molar-refractivity contribution in [1.29, 1.82) is 0 Å². The fraction of sp³-hybridized carbons (Fsp3) is 0.143. The maximum absolute atomic E-state index is 13.2. The van der Waals surface area contributed by atoms with Crippen LogP contribution in [0.4, 0.5) is 0 Å². The predicted molar refractivity (Wildman–Crippen MR) is 149 cm³/mol. The Bertz CT molecular complexity index is 1770. The second-order valence-corrected chi connectivity index (χ2v) is 10.9. The van der Waals surface area contributed by atoms with Crippen molar-refractivity contribution in [3.8, 4) is 33.4 Å². The highest BCUT2D eigenvalue weighted by Crippen LogP contribution is 2.27. The average Bonchev–Trinajstić information content (AvgIpc) is 3.70. The molecule has 0 amide bonds. The number of hydrogen-bond acceptors (Lipinski definition) is 7. The minimum absolute atomic E-state index is 0.189. The molecule has 0 bridgehead atoms. The summed E-state index contributed by atoms with van der Waals surface area (Å²) < 4.78 is 9.62. The minimum atomic E-state index is -0.189. The van der Waals surface area contributed by atoms with E-state index >= 15 is 0 Å². The number of rotatable bonds is 7. The summed E-state index contributed by atoms with van der Waals surface area (Å²) in [6.45, 7) is 4.91. The van der Waals surface area contributed by atoms with E-state index in [0.717, 1.165) is 33.1 Å². The molecule has 7 nitrogen and oxygen atoms in total. The monoisotopic (exact) mass is 525 g/mol. The third-order valence-electron chi connectivity index (χ3n) is 5.68. The van der Waals surface area contributed by atoms with Crippen molar-refractivity contribution in [2.75, 3.05) is 6.61 Å². The second kappa shape index (κ2) is 9.76. The largest absolute Gasteiger partial charge is 0.493 e. The fourth-order valence-electron chi connectivity index (χ4n) is 3.89. The van der Waals surface area contributed by atoms with Gasteiger partial charge in [-0.25, -0.2) is 4.68 Å². The van der Waals surface area contributed by atoms with Gasteiger partial charge < -0.3 is 4.74 Å². The Balaban J connectivity index is 1.43. The second-order valence-electron chi connectivity index (χ2n) is 8.97. The summed E-state index contributed by atoms with van der Waals surface area (Å²) in [5.74, 6) is 1.84. The molecule has 0 atom stereocenters. The molecule has 37 heavy (non-hydrogen) atoms. The first-order chi connectivity index (χ1) is 18.0. The first-order valence-corrected chi connectivity index (χ1v) is 13.6. The number of thiophene rings is 1. The summed E-state index contributed by atoms with van der Waals surface area (Å²) in [7, 11) is 0. The normalized spacial score (nSPS) is 12.1. The molecule has 0 fully saturated rings. The van der Waals surface area contributed by atoms with Gasteiger partial charge in [0, 0.05) is 17.3 Å². The van der Waals surface area contributed by atoms with Gasteiger partial charge in [-0.3, -0.25) is 4.79 Å². The Hall–Kier alpha value is -4.08. The highest BCUT2D eigenvalue weighted by Gasteiger charge is 2.15. The third-order valence-corrected chi connectivity index (χ3v) is 7.51. The Morgan fingerprint density at radius 1 is 1.00 bits per heavy atom. The molecule has 6 aromatic rings. The van der Waals surface area contributed by atoms with Crippen LogP contribution in [0.3, 0.4) is 0 Å². The molecule has 6 rings (SSSR count). The van der Waals surface area contributed by atoms with Gasteiger partial charge in [0.1, 0.15) is 11.4 Å². The lowest BCUT2D eigenvalue weighted by Gasteiger charge is -2.09. The summed E-state index contributed by atoms with van der Waals surface area (Å²) >= 11 is 2.88. The van der Waals surface area contributed by atoms with Crippen molar-refractivity contribution in [3.05, 3.63) is 98.8 Å². The number of para-hydroxylation sites is 1. The molecule has 4 heterocycles. The summed E-state index contributed by atoms with van der Waals surface area (Å²) in [5.41, 5.74) is 3.29. The first-order valence-electron chi connectivity index (χ1n) is 11.9. The van der Waals surface area contributed by atoms with Crippen molar-refractivity contribution >= 4 is 33.7 Å². The van der Waals surface area contributed by atoms with Crippen LogP contribution in [0.2, 0.25) is 0 Å². The van der Waals surface area contributed by atoms with E-state index in [4.69, 9.17) is 9.84 Å². The molecule has 0 saturated carbocycles. The molecule has 0 aliphatic heterocycles. The van der Waals surface area contributed by atoms with Crippen LogP contribution in [-0.4, -0.2) is 31.0 Å². The molecular weight excluding hydrogens is 502 g/mol. The van der Waals surface area contributed by atoms with Crippen molar-refractivity contribution in [2.24, 2.45) is 5.92 Å². The quantitative estimate of drug-likeness (QED) is 0.282. The van der Waals surface area contributed by atoms with Crippen LogP contribution < -0.4 is 14.8 Å². The van der Waals surface area contributed by atoms with Gasteiger partial charge in [-0.05, 0) is 59.8 Å². The summed E-state index contributed by atoms with van der Waals surface area (Å²) in [6.07, 6.45) is 3.82. The highest BCUT2D eigenvalue weighted by atomic mass is 32.1. The van der Waals surface area contributed by atoms with Gasteiger partial charge in [0.25, 0.3) is 5.56 Å². The molecule has 0 aliphatic carbocycles. The third kappa shape index (κ3) is 4.71. The number of benzene rings is 2. The minimum Gasteiger partial charge on any atom is -0.493 e. The lowest BCUT2D eigenvalue weighted by Crippen LogP contribution is -2.23. The Kier molecular flexibility index (Phi) is 6.15. The maximum atomic E-state index is 13.2. The Morgan fingerprint density at radius 3 is 2.51 bits per heavy atom. The van der Waals surface area contributed by atoms with Crippen molar-refractivity contribution in [3.63, 3.8) is 0 Å². The van der Waals surface area contributed by atoms with Gasteiger partial charge in [0.2, 0.25) is 4.96 Å². The number of nitrogens with zero attached hydrogens (tertiary/aromatic N) is 5.